The average molecular weight is 350 g/mol. The lowest BCUT2D eigenvalue weighted by Crippen LogP contribution is -1.97. The van der Waals surface area contributed by atoms with E-state index in [0.29, 0.717) is 9.92 Å². The van der Waals surface area contributed by atoms with Crippen LogP contribution in [0.1, 0.15) is 5.56 Å². The Kier molecular flexibility index (Phi) is 4.17. The van der Waals surface area contributed by atoms with Gasteiger partial charge in [-0.15, -0.1) is 0 Å². The average Bonchev–Trinajstić information content (AvgIpc) is 2.96. The molecule has 0 N–H and O–H groups in total. The second-order valence-electron chi connectivity index (χ2n) is 4.93. The first-order valence-electron chi connectivity index (χ1n) is 6.61. The highest BCUT2D eigenvalue weighted by molar-refractivity contribution is 8.26. The van der Waals surface area contributed by atoms with Gasteiger partial charge in [-0.3, -0.25) is 0 Å². The number of allylic oxidation sites excluding steroid dienone is 2. The fraction of sp³-hybridized carbons (Fsp3) is 0.0588. The fourth-order valence-electron chi connectivity index (χ4n) is 2.28. The normalized spacial score (nSPS) is 19.2. The van der Waals surface area contributed by atoms with Gasteiger partial charge in [-0.25, -0.2) is 8.42 Å². The Morgan fingerprint density at radius 3 is 2.59 bits per heavy atom. The Morgan fingerprint density at radius 1 is 1.09 bits per heavy atom. The zero-order chi connectivity index (χ0) is 15.7. The summed E-state index contributed by atoms with van der Waals surface area (Å²) in [5.41, 5.74) is 0.898. The van der Waals surface area contributed by atoms with Crippen molar-refractivity contribution in [1.29, 1.82) is 0 Å². The summed E-state index contributed by atoms with van der Waals surface area (Å²) in [5, 5.41) is 4.04. The van der Waals surface area contributed by atoms with Gasteiger partial charge in [0.25, 0.3) is 0 Å². The highest BCUT2D eigenvalue weighted by atomic mass is 35.5. The first-order valence-corrected chi connectivity index (χ1v) is 10.2. The van der Waals surface area contributed by atoms with Crippen molar-refractivity contribution in [3.8, 4) is 0 Å². The third-order valence-corrected chi connectivity index (χ3v) is 7.08. The zero-order valence-electron chi connectivity index (χ0n) is 11.8. The van der Waals surface area contributed by atoms with E-state index in [1.54, 1.807) is 18.2 Å². The molecule has 3 rings (SSSR count). The topological polar surface area (TPSA) is 34.1 Å². The third-order valence-electron chi connectivity index (χ3n) is 3.34. The molecule has 1 radical (unpaired) electrons. The number of thiol groups is 1. The summed E-state index contributed by atoms with van der Waals surface area (Å²) < 4.78 is 23.5. The summed E-state index contributed by atoms with van der Waals surface area (Å²) in [6.45, 7) is 0. The molecular formula is C17H14ClO2S2. The maximum atomic E-state index is 11.7. The maximum absolute atomic E-state index is 11.7. The molecule has 5 heteroatoms. The highest BCUT2D eigenvalue weighted by Crippen LogP contribution is 2.54. The standard InChI is InChI=1S/C17H14ClO2S2/c1-22(19,20)14-7-4-6-13(12-14)16-10-5-11-21(16)17-9-3-2-8-15(17)18/h2-10,12,21H,1H3. The first kappa shape index (κ1) is 15.4. The molecule has 0 bridgehead atoms. The zero-order valence-corrected chi connectivity index (χ0v) is 14.3. The predicted molar refractivity (Wildman–Crippen MR) is 94.0 cm³/mol. The van der Waals surface area contributed by atoms with Gasteiger partial charge < -0.3 is 0 Å². The van der Waals surface area contributed by atoms with Crippen molar-refractivity contribution in [3.05, 3.63) is 76.7 Å². The molecule has 22 heavy (non-hydrogen) atoms. The molecule has 2 aromatic rings. The fourth-order valence-corrected chi connectivity index (χ4v) is 5.24. The molecule has 0 saturated carbocycles. The second-order valence-corrected chi connectivity index (χ2v) is 9.25. The van der Waals surface area contributed by atoms with Crippen LogP contribution in [-0.2, 0) is 9.84 Å². The van der Waals surface area contributed by atoms with E-state index in [2.05, 4.69) is 5.41 Å². The van der Waals surface area contributed by atoms with E-state index in [-0.39, 0.29) is 0 Å². The van der Waals surface area contributed by atoms with Crippen molar-refractivity contribution < 1.29 is 8.42 Å². The van der Waals surface area contributed by atoms with Crippen molar-refractivity contribution in [2.45, 2.75) is 9.79 Å². The second kappa shape index (κ2) is 5.95. The molecule has 1 atom stereocenters. The van der Waals surface area contributed by atoms with Gasteiger partial charge in [0.1, 0.15) is 0 Å². The van der Waals surface area contributed by atoms with E-state index in [9.17, 15) is 8.42 Å². The highest BCUT2D eigenvalue weighted by Gasteiger charge is 2.19. The number of rotatable bonds is 3. The van der Waals surface area contributed by atoms with Crippen LogP contribution in [0.4, 0.5) is 0 Å². The van der Waals surface area contributed by atoms with E-state index in [4.69, 9.17) is 11.6 Å². The van der Waals surface area contributed by atoms with Gasteiger partial charge in [0.2, 0.25) is 0 Å². The smallest absolute Gasteiger partial charge is 0.175 e. The van der Waals surface area contributed by atoms with Crippen molar-refractivity contribution in [2.24, 2.45) is 0 Å². The number of halogens is 1. The minimum Gasteiger partial charge on any atom is -0.224 e. The summed E-state index contributed by atoms with van der Waals surface area (Å²) >= 11 is 6.30. The molecule has 0 aliphatic carbocycles. The predicted octanol–water partition coefficient (Wildman–Crippen LogP) is 4.48. The lowest BCUT2D eigenvalue weighted by Gasteiger charge is -2.20. The molecule has 1 unspecified atom stereocenters. The SMILES string of the molecule is CS(=O)(=O)c1cccc(C2=CC=[C][SH]2c2ccccc2Cl)c1. The van der Waals surface area contributed by atoms with E-state index in [1.165, 1.54) is 6.26 Å². The van der Waals surface area contributed by atoms with Crippen LogP contribution in [0.5, 0.6) is 0 Å². The van der Waals surface area contributed by atoms with Crippen LogP contribution in [0, 0.1) is 5.41 Å². The van der Waals surface area contributed by atoms with E-state index >= 15 is 0 Å². The van der Waals surface area contributed by atoms with Crippen molar-refractivity contribution >= 4 is 37.2 Å². The molecule has 1 aliphatic heterocycles. The lowest BCUT2D eigenvalue weighted by molar-refractivity contribution is 0.602. The van der Waals surface area contributed by atoms with Gasteiger partial charge in [-0.1, -0.05) is 35.9 Å². The van der Waals surface area contributed by atoms with Crippen LogP contribution in [0.25, 0.3) is 4.91 Å². The van der Waals surface area contributed by atoms with Gasteiger partial charge >= 0.3 is 0 Å². The minimum absolute atomic E-state index is 0.326. The molecule has 113 valence electrons. The Labute approximate surface area is 138 Å². The Morgan fingerprint density at radius 2 is 1.86 bits per heavy atom. The summed E-state index contributed by atoms with van der Waals surface area (Å²) in [4.78, 5) is 2.42. The third kappa shape index (κ3) is 3.00. The number of hydrogen-bond acceptors (Lipinski definition) is 2. The Bertz CT molecular complexity index is 883. The monoisotopic (exact) mass is 349 g/mol. The quantitative estimate of drug-likeness (QED) is 0.829. The molecule has 2 aromatic carbocycles. The van der Waals surface area contributed by atoms with Crippen LogP contribution < -0.4 is 0 Å². The summed E-state index contributed by atoms with van der Waals surface area (Å²) in [6, 6.07) is 14.7. The molecule has 0 aromatic heterocycles. The minimum atomic E-state index is -3.22. The number of benzene rings is 2. The van der Waals surface area contributed by atoms with Crippen LogP contribution in [0.3, 0.4) is 0 Å². The van der Waals surface area contributed by atoms with Crippen LogP contribution in [-0.4, -0.2) is 14.7 Å². The van der Waals surface area contributed by atoms with Crippen molar-refractivity contribution in [1.82, 2.24) is 0 Å². The Balaban J connectivity index is 2.04. The first-order chi connectivity index (χ1) is 10.5. The van der Waals surface area contributed by atoms with Gasteiger partial charge in [0.05, 0.1) is 9.92 Å². The van der Waals surface area contributed by atoms with Gasteiger partial charge in [-0.2, -0.15) is 10.9 Å². The molecular weight excluding hydrogens is 336 g/mol. The molecule has 0 spiro atoms. The number of hydrogen-bond donors (Lipinski definition) is 1. The van der Waals surface area contributed by atoms with Crippen LogP contribution in [0.2, 0.25) is 5.02 Å². The van der Waals surface area contributed by atoms with E-state index in [1.807, 2.05) is 42.5 Å². The molecule has 2 nitrogen and oxygen atoms in total. The lowest BCUT2D eigenvalue weighted by atomic mass is 10.2. The summed E-state index contributed by atoms with van der Waals surface area (Å²) in [6.07, 6.45) is 5.09. The van der Waals surface area contributed by atoms with Crippen molar-refractivity contribution in [3.63, 3.8) is 0 Å². The molecule has 0 amide bonds. The maximum Gasteiger partial charge on any atom is 0.175 e. The van der Waals surface area contributed by atoms with Crippen LogP contribution in [0.15, 0.2) is 70.5 Å². The van der Waals surface area contributed by atoms with Crippen LogP contribution >= 0.6 is 22.5 Å². The van der Waals surface area contributed by atoms with Gasteiger partial charge in [0, 0.05) is 21.5 Å². The van der Waals surface area contributed by atoms with Gasteiger partial charge in [-0.05, 0) is 42.0 Å². The Hall–Kier alpha value is -1.49. The molecule has 0 fully saturated rings. The molecule has 0 saturated heterocycles. The van der Waals surface area contributed by atoms with E-state index in [0.717, 1.165) is 15.4 Å². The largest absolute Gasteiger partial charge is 0.224 e. The molecule has 1 aliphatic rings. The summed E-state index contributed by atoms with van der Waals surface area (Å²) in [7, 11) is -4.04. The van der Waals surface area contributed by atoms with Crippen molar-refractivity contribution in [2.75, 3.05) is 6.26 Å². The van der Waals surface area contributed by atoms with Gasteiger partial charge in [0.15, 0.2) is 9.84 Å². The van der Waals surface area contributed by atoms with E-state index < -0.39 is 20.7 Å². The number of sulfone groups is 1. The molecule has 1 heterocycles. The summed E-state index contributed by atoms with van der Waals surface area (Å²) in [5.74, 6) is 0.